The van der Waals surface area contributed by atoms with E-state index in [-0.39, 0.29) is 36.6 Å². The molecule has 0 spiro atoms. The van der Waals surface area contributed by atoms with Crippen LogP contribution in [0.3, 0.4) is 0 Å². The Bertz CT molecular complexity index is 1020. The highest BCUT2D eigenvalue weighted by Gasteiger charge is 2.35. The third-order valence-electron chi connectivity index (χ3n) is 6.00. The predicted molar refractivity (Wildman–Crippen MR) is 121 cm³/mol. The number of imide groups is 1. The number of benzene rings is 2. The van der Waals surface area contributed by atoms with Gasteiger partial charge < -0.3 is 14.5 Å². The molecule has 0 radical (unpaired) electrons. The maximum atomic E-state index is 12.7. The van der Waals surface area contributed by atoms with E-state index in [1.165, 1.54) is 0 Å². The lowest BCUT2D eigenvalue weighted by atomic mass is 10.1. The molecule has 2 heterocycles. The van der Waals surface area contributed by atoms with Crippen LogP contribution in [-0.4, -0.2) is 77.7 Å². The van der Waals surface area contributed by atoms with Gasteiger partial charge in [-0.05, 0) is 36.8 Å². The lowest BCUT2D eigenvalue weighted by Gasteiger charge is -2.35. The summed E-state index contributed by atoms with van der Waals surface area (Å²) in [7, 11) is 0. The van der Waals surface area contributed by atoms with E-state index in [1.807, 2.05) is 31.2 Å². The first-order valence-corrected chi connectivity index (χ1v) is 11.2. The minimum Gasteiger partial charge on any atom is -0.494 e. The molecule has 8 nitrogen and oxygen atoms in total. The van der Waals surface area contributed by atoms with Crippen molar-refractivity contribution >= 4 is 23.6 Å². The van der Waals surface area contributed by atoms with Crippen LogP contribution in [0.15, 0.2) is 48.5 Å². The second-order valence-corrected chi connectivity index (χ2v) is 8.07. The summed E-state index contributed by atoms with van der Waals surface area (Å²) in [6, 6.07) is 14.2. The Morgan fingerprint density at radius 3 is 1.91 bits per heavy atom. The second kappa shape index (κ2) is 9.85. The van der Waals surface area contributed by atoms with Gasteiger partial charge in [0.1, 0.15) is 5.75 Å². The van der Waals surface area contributed by atoms with E-state index >= 15 is 0 Å². The quantitative estimate of drug-likeness (QED) is 0.604. The Morgan fingerprint density at radius 2 is 1.36 bits per heavy atom. The van der Waals surface area contributed by atoms with Gasteiger partial charge in [0.25, 0.3) is 11.8 Å². The number of fused-ring (bicyclic) bond motifs is 1. The molecule has 0 bridgehead atoms. The van der Waals surface area contributed by atoms with Crippen LogP contribution in [0.2, 0.25) is 0 Å². The van der Waals surface area contributed by atoms with Crippen LogP contribution >= 0.6 is 0 Å². The molecule has 0 atom stereocenters. The van der Waals surface area contributed by atoms with E-state index in [1.54, 1.807) is 34.1 Å². The van der Waals surface area contributed by atoms with Gasteiger partial charge in [0.15, 0.2) is 0 Å². The lowest BCUT2D eigenvalue weighted by Crippen LogP contribution is -2.51. The Balaban J connectivity index is 1.23. The molecule has 1 fully saturated rings. The molecule has 2 aliphatic heterocycles. The molecule has 33 heavy (non-hydrogen) atoms. The number of rotatable bonds is 7. The summed E-state index contributed by atoms with van der Waals surface area (Å²) in [5.74, 6) is -0.0225. The summed E-state index contributed by atoms with van der Waals surface area (Å²) in [6.45, 7) is 4.39. The van der Waals surface area contributed by atoms with Crippen molar-refractivity contribution < 1.29 is 23.9 Å². The maximum absolute atomic E-state index is 12.7. The number of carbonyl (C=O) groups excluding carboxylic acids is 4. The van der Waals surface area contributed by atoms with E-state index < -0.39 is 0 Å². The summed E-state index contributed by atoms with van der Waals surface area (Å²) in [5.41, 5.74) is 1.69. The molecule has 2 aromatic carbocycles. The first-order chi connectivity index (χ1) is 16.0. The molecule has 2 aromatic rings. The molecule has 4 rings (SSSR count). The number of hydrogen-bond acceptors (Lipinski definition) is 5. The number of amides is 4. The average molecular weight is 450 g/mol. The van der Waals surface area contributed by atoms with E-state index in [9.17, 15) is 19.2 Å². The fraction of sp³-hybridized carbons (Fsp3) is 0.360. The highest BCUT2D eigenvalue weighted by molar-refractivity contribution is 6.21. The fourth-order valence-corrected chi connectivity index (χ4v) is 4.17. The van der Waals surface area contributed by atoms with Crippen LogP contribution in [0, 0.1) is 0 Å². The summed E-state index contributed by atoms with van der Waals surface area (Å²) in [5, 5.41) is 0. The zero-order valence-electron chi connectivity index (χ0n) is 18.7. The molecule has 2 aliphatic rings. The van der Waals surface area contributed by atoms with Crippen molar-refractivity contribution in [1.82, 2.24) is 14.7 Å². The van der Waals surface area contributed by atoms with Crippen LogP contribution < -0.4 is 4.74 Å². The van der Waals surface area contributed by atoms with E-state index in [0.29, 0.717) is 50.3 Å². The van der Waals surface area contributed by atoms with E-state index in [0.717, 1.165) is 16.2 Å². The maximum Gasteiger partial charge on any atom is 0.261 e. The Kier molecular flexibility index (Phi) is 6.72. The lowest BCUT2D eigenvalue weighted by molar-refractivity contribution is -0.139. The van der Waals surface area contributed by atoms with Gasteiger partial charge >= 0.3 is 0 Å². The molecule has 0 saturated carbocycles. The standard InChI is InChI=1S/C25H27N3O5/c1-2-33-19-9-7-18(8-10-19)17-23(30)27-15-13-26(14-16-27)22(29)11-12-28-24(31)20-5-3-4-6-21(20)25(28)32/h3-10H,2,11-17H2,1H3. The zero-order chi connectivity index (χ0) is 23.4. The molecule has 1 saturated heterocycles. The summed E-state index contributed by atoms with van der Waals surface area (Å²) >= 11 is 0. The van der Waals surface area contributed by atoms with Gasteiger partial charge in [0.2, 0.25) is 11.8 Å². The summed E-state index contributed by atoms with van der Waals surface area (Å²) in [6.07, 6.45) is 0.381. The fourth-order valence-electron chi connectivity index (χ4n) is 4.17. The molecule has 0 unspecified atom stereocenters. The largest absolute Gasteiger partial charge is 0.494 e. The highest BCUT2D eigenvalue weighted by atomic mass is 16.5. The minimum absolute atomic E-state index is 0.0253. The average Bonchev–Trinajstić information content (AvgIpc) is 3.08. The van der Waals surface area contributed by atoms with Crippen molar-refractivity contribution in [2.75, 3.05) is 39.3 Å². The molecular formula is C25H27N3O5. The molecule has 0 aromatic heterocycles. The highest BCUT2D eigenvalue weighted by Crippen LogP contribution is 2.22. The Morgan fingerprint density at radius 1 is 0.818 bits per heavy atom. The van der Waals surface area contributed by atoms with Crippen molar-refractivity contribution in [3.8, 4) is 5.75 Å². The van der Waals surface area contributed by atoms with Crippen LogP contribution in [0.25, 0.3) is 0 Å². The minimum atomic E-state index is -0.354. The van der Waals surface area contributed by atoms with Crippen LogP contribution in [0.1, 0.15) is 39.6 Å². The monoisotopic (exact) mass is 449 g/mol. The molecule has 8 heteroatoms. The molecular weight excluding hydrogens is 422 g/mol. The van der Waals surface area contributed by atoms with Crippen molar-refractivity contribution in [2.24, 2.45) is 0 Å². The van der Waals surface area contributed by atoms with Crippen molar-refractivity contribution in [3.05, 3.63) is 65.2 Å². The van der Waals surface area contributed by atoms with Gasteiger partial charge in [-0.3, -0.25) is 24.1 Å². The SMILES string of the molecule is CCOc1ccc(CC(=O)N2CCN(C(=O)CCN3C(=O)c4ccccc4C3=O)CC2)cc1. The van der Waals surface area contributed by atoms with Crippen LogP contribution in [-0.2, 0) is 16.0 Å². The van der Waals surface area contributed by atoms with Crippen molar-refractivity contribution in [1.29, 1.82) is 0 Å². The van der Waals surface area contributed by atoms with Gasteiger partial charge in [-0.2, -0.15) is 0 Å². The van der Waals surface area contributed by atoms with Gasteiger partial charge in [-0.25, -0.2) is 0 Å². The molecule has 4 amide bonds. The number of nitrogens with zero attached hydrogens (tertiary/aromatic N) is 3. The van der Waals surface area contributed by atoms with E-state index in [4.69, 9.17) is 4.74 Å². The Hall–Kier alpha value is -3.68. The van der Waals surface area contributed by atoms with Crippen molar-refractivity contribution in [3.63, 3.8) is 0 Å². The van der Waals surface area contributed by atoms with Gasteiger partial charge in [0.05, 0.1) is 24.2 Å². The van der Waals surface area contributed by atoms with Gasteiger partial charge in [0, 0.05) is 39.1 Å². The number of ether oxygens (including phenoxy) is 1. The normalized spacial score (nSPS) is 15.6. The first kappa shape index (κ1) is 22.5. The molecule has 0 N–H and O–H groups in total. The van der Waals surface area contributed by atoms with Gasteiger partial charge in [-0.1, -0.05) is 24.3 Å². The summed E-state index contributed by atoms with van der Waals surface area (Å²) < 4.78 is 5.42. The third kappa shape index (κ3) is 4.89. The first-order valence-electron chi connectivity index (χ1n) is 11.2. The number of piperazine rings is 1. The van der Waals surface area contributed by atoms with Gasteiger partial charge in [-0.15, -0.1) is 0 Å². The zero-order valence-corrected chi connectivity index (χ0v) is 18.7. The Labute approximate surface area is 192 Å². The summed E-state index contributed by atoms with van der Waals surface area (Å²) in [4.78, 5) is 54.8. The smallest absolute Gasteiger partial charge is 0.261 e. The number of carbonyl (C=O) groups is 4. The number of hydrogen-bond donors (Lipinski definition) is 0. The molecule has 0 aliphatic carbocycles. The van der Waals surface area contributed by atoms with Crippen LogP contribution in [0.5, 0.6) is 5.75 Å². The van der Waals surface area contributed by atoms with Crippen LogP contribution in [0.4, 0.5) is 0 Å². The van der Waals surface area contributed by atoms with Crippen molar-refractivity contribution in [2.45, 2.75) is 19.8 Å². The van der Waals surface area contributed by atoms with E-state index in [2.05, 4.69) is 0 Å². The predicted octanol–water partition coefficient (Wildman–Crippen LogP) is 1.98. The third-order valence-corrected chi connectivity index (χ3v) is 6.00. The topological polar surface area (TPSA) is 87.2 Å². The second-order valence-electron chi connectivity index (χ2n) is 8.07. The molecule has 172 valence electrons.